The molecule has 0 radical (unpaired) electrons. The minimum atomic E-state index is -0.409. The Bertz CT molecular complexity index is 793. The highest BCUT2D eigenvalue weighted by Crippen LogP contribution is 2.24. The Labute approximate surface area is 134 Å². The highest BCUT2D eigenvalue weighted by molar-refractivity contribution is 5.89. The zero-order chi connectivity index (χ0) is 16.1. The van der Waals surface area contributed by atoms with E-state index in [-0.39, 0.29) is 12.4 Å². The summed E-state index contributed by atoms with van der Waals surface area (Å²) in [5.74, 6) is -0.288. The molecule has 0 spiro atoms. The van der Waals surface area contributed by atoms with Crippen molar-refractivity contribution in [3.8, 4) is 16.9 Å². The van der Waals surface area contributed by atoms with Crippen LogP contribution in [0.1, 0.15) is 15.9 Å². The Morgan fingerprint density at radius 3 is 2.22 bits per heavy atom. The second-order valence-electron chi connectivity index (χ2n) is 5.15. The molecule has 0 saturated carbocycles. The summed E-state index contributed by atoms with van der Waals surface area (Å²) in [5.41, 5.74) is 3.50. The fourth-order valence-corrected chi connectivity index (χ4v) is 2.37. The van der Waals surface area contributed by atoms with Crippen LogP contribution < -0.4 is 0 Å². The molecule has 114 valence electrons. The molecule has 0 aliphatic carbocycles. The van der Waals surface area contributed by atoms with Crippen LogP contribution in [0.25, 0.3) is 11.1 Å². The van der Waals surface area contributed by atoms with Crippen molar-refractivity contribution in [1.29, 1.82) is 0 Å². The van der Waals surface area contributed by atoms with Crippen molar-refractivity contribution in [3.63, 3.8) is 0 Å². The minimum Gasteiger partial charge on any atom is -0.508 e. The smallest absolute Gasteiger partial charge is 0.338 e. The Morgan fingerprint density at radius 2 is 1.48 bits per heavy atom. The predicted molar refractivity (Wildman–Crippen MR) is 89.1 cm³/mol. The van der Waals surface area contributed by atoms with Crippen LogP contribution in [0.5, 0.6) is 5.75 Å². The molecule has 0 aliphatic heterocycles. The summed E-state index contributed by atoms with van der Waals surface area (Å²) in [6.07, 6.45) is 0. The Balaban J connectivity index is 1.76. The molecule has 3 aromatic carbocycles. The van der Waals surface area contributed by atoms with Gasteiger partial charge in [0.25, 0.3) is 0 Å². The number of hydrogen-bond acceptors (Lipinski definition) is 3. The molecule has 0 amide bonds. The van der Waals surface area contributed by atoms with Gasteiger partial charge in [-0.1, -0.05) is 54.6 Å². The number of phenolic OH excluding ortho intramolecular Hbond substituents is 1. The Kier molecular flexibility index (Phi) is 4.39. The summed E-state index contributed by atoms with van der Waals surface area (Å²) in [6.45, 7) is 0.199. The van der Waals surface area contributed by atoms with Gasteiger partial charge < -0.3 is 9.84 Å². The first kappa shape index (κ1) is 14.9. The van der Waals surface area contributed by atoms with Gasteiger partial charge in [-0.3, -0.25) is 0 Å². The van der Waals surface area contributed by atoms with Crippen LogP contribution in [0.3, 0.4) is 0 Å². The van der Waals surface area contributed by atoms with Crippen molar-refractivity contribution in [2.75, 3.05) is 0 Å². The largest absolute Gasteiger partial charge is 0.508 e. The molecule has 3 aromatic rings. The summed E-state index contributed by atoms with van der Waals surface area (Å²) in [5, 5.41) is 9.26. The van der Waals surface area contributed by atoms with Crippen LogP contribution in [0.4, 0.5) is 0 Å². The fraction of sp³-hybridized carbons (Fsp3) is 0.0500. The van der Waals surface area contributed by atoms with Gasteiger partial charge >= 0.3 is 5.97 Å². The number of benzene rings is 3. The first-order valence-corrected chi connectivity index (χ1v) is 7.33. The zero-order valence-electron chi connectivity index (χ0n) is 12.5. The van der Waals surface area contributed by atoms with Gasteiger partial charge in [0, 0.05) is 0 Å². The van der Waals surface area contributed by atoms with E-state index in [9.17, 15) is 9.90 Å². The molecule has 0 atom stereocenters. The van der Waals surface area contributed by atoms with E-state index in [1.165, 1.54) is 12.1 Å². The quantitative estimate of drug-likeness (QED) is 0.726. The number of hydrogen-bond donors (Lipinski definition) is 1. The van der Waals surface area contributed by atoms with Crippen molar-refractivity contribution in [2.24, 2.45) is 0 Å². The molecule has 0 bridgehead atoms. The van der Waals surface area contributed by atoms with Gasteiger partial charge in [0.1, 0.15) is 12.4 Å². The van der Waals surface area contributed by atoms with E-state index in [2.05, 4.69) is 0 Å². The summed E-state index contributed by atoms with van der Waals surface area (Å²) in [7, 11) is 0. The third-order valence-corrected chi connectivity index (χ3v) is 3.56. The third kappa shape index (κ3) is 3.58. The van der Waals surface area contributed by atoms with Gasteiger partial charge in [0.15, 0.2) is 0 Å². The van der Waals surface area contributed by atoms with E-state index in [0.717, 1.165) is 16.7 Å². The van der Waals surface area contributed by atoms with Crippen molar-refractivity contribution >= 4 is 5.97 Å². The minimum absolute atomic E-state index is 0.121. The predicted octanol–water partition coefficient (Wildman–Crippen LogP) is 4.42. The van der Waals surface area contributed by atoms with Crippen molar-refractivity contribution in [1.82, 2.24) is 0 Å². The highest BCUT2D eigenvalue weighted by Gasteiger charge is 2.10. The van der Waals surface area contributed by atoms with Crippen molar-refractivity contribution in [2.45, 2.75) is 6.61 Å². The molecule has 0 saturated heterocycles. The molecule has 0 aliphatic rings. The summed E-state index contributed by atoms with van der Waals surface area (Å²) in [6, 6.07) is 23.9. The lowest BCUT2D eigenvalue weighted by Gasteiger charge is -2.10. The molecule has 0 aromatic heterocycles. The number of carbonyl (C=O) groups is 1. The molecule has 0 unspecified atom stereocenters. The topological polar surface area (TPSA) is 46.5 Å². The van der Waals surface area contributed by atoms with Crippen LogP contribution in [0, 0.1) is 0 Å². The number of esters is 1. The Hall–Kier alpha value is -3.07. The van der Waals surface area contributed by atoms with Crippen molar-refractivity contribution < 1.29 is 14.6 Å². The number of aromatic hydroxyl groups is 1. The maximum atomic E-state index is 12.1. The number of rotatable bonds is 4. The highest BCUT2D eigenvalue weighted by atomic mass is 16.5. The lowest BCUT2D eigenvalue weighted by molar-refractivity contribution is 0.0473. The number of phenols is 1. The fourth-order valence-electron chi connectivity index (χ4n) is 2.37. The molecule has 0 fully saturated rings. The van der Waals surface area contributed by atoms with Gasteiger partial charge in [-0.2, -0.15) is 0 Å². The van der Waals surface area contributed by atoms with Crippen molar-refractivity contribution in [3.05, 3.63) is 90.0 Å². The molecule has 3 rings (SSSR count). The summed E-state index contributed by atoms with van der Waals surface area (Å²) < 4.78 is 5.40. The average Bonchev–Trinajstić information content (AvgIpc) is 2.61. The Morgan fingerprint density at radius 1 is 0.826 bits per heavy atom. The van der Waals surface area contributed by atoms with Crippen LogP contribution in [-0.2, 0) is 11.3 Å². The lowest BCUT2D eigenvalue weighted by Crippen LogP contribution is -2.05. The van der Waals surface area contributed by atoms with Crippen LogP contribution in [0.15, 0.2) is 78.9 Å². The number of carbonyl (C=O) groups excluding carboxylic acids is 1. The third-order valence-electron chi connectivity index (χ3n) is 3.56. The van der Waals surface area contributed by atoms with Gasteiger partial charge in [-0.05, 0) is 41.0 Å². The first-order valence-electron chi connectivity index (χ1n) is 7.33. The molecular formula is C20H16O3. The van der Waals surface area contributed by atoms with E-state index in [0.29, 0.717) is 5.56 Å². The molecule has 0 heterocycles. The summed E-state index contributed by atoms with van der Waals surface area (Å²) >= 11 is 0. The van der Waals surface area contributed by atoms with E-state index in [4.69, 9.17) is 4.74 Å². The van der Waals surface area contributed by atoms with E-state index >= 15 is 0 Å². The second-order valence-corrected chi connectivity index (χ2v) is 5.15. The first-order chi connectivity index (χ1) is 11.2. The molecule has 3 nitrogen and oxygen atoms in total. The summed E-state index contributed by atoms with van der Waals surface area (Å²) in [4.78, 5) is 12.1. The number of ether oxygens (including phenoxy) is 1. The van der Waals surface area contributed by atoms with Gasteiger partial charge in [0.05, 0.1) is 5.56 Å². The van der Waals surface area contributed by atoms with E-state index < -0.39 is 5.97 Å². The molecular weight excluding hydrogens is 288 g/mol. The SMILES string of the molecule is O=C(OCc1ccccc1-c1ccccc1)c1ccc(O)cc1. The van der Waals surface area contributed by atoms with Crippen LogP contribution in [-0.4, -0.2) is 11.1 Å². The zero-order valence-corrected chi connectivity index (χ0v) is 12.5. The average molecular weight is 304 g/mol. The van der Waals surface area contributed by atoms with Crippen LogP contribution >= 0.6 is 0 Å². The molecule has 1 N–H and O–H groups in total. The van der Waals surface area contributed by atoms with E-state index in [1.54, 1.807) is 12.1 Å². The molecule has 23 heavy (non-hydrogen) atoms. The van der Waals surface area contributed by atoms with Gasteiger partial charge in [-0.25, -0.2) is 4.79 Å². The lowest BCUT2D eigenvalue weighted by atomic mass is 10.0. The van der Waals surface area contributed by atoms with Crippen LogP contribution in [0.2, 0.25) is 0 Å². The standard InChI is InChI=1S/C20H16O3/c21-18-12-10-16(11-13-18)20(22)23-14-17-8-4-5-9-19(17)15-6-2-1-3-7-15/h1-13,21H,14H2. The normalized spacial score (nSPS) is 10.3. The van der Waals surface area contributed by atoms with E-state index in [1.807, 2.05) is 54.6 Å². The maximum Gasteiger partial charge on any atom is 0.338 e. The monoisotopic (exact) mass is 304 g/mol. The second kappa shape index (κ2) is 6.79. The van der Waals surface area contributed by atoms with Gasteiger partial charge in [0.2, 0.25) is 0 Å². The maximum absolute atomic E-state index is 12.1. The molecule has 3 heteroatoms. The van der Waals surface area contributed by atoms with Gasteiger partial charge in [-0.15, -0.1) is 0 Å².